The van der Waals surface area contributed by atoms with Crippen molar-refractivity contribution in [2.24, 2.45) is 0 Å². The second-order valence-electron chi connectivity index (χ2n) is 6.17. The lowest BCUT2D eigenvalue weighted by molar-refractivity contribution is -0.137. The molecule has 3 rings (SSSR count). The fraction of sp³-hybridized carbons (Fsp3) is 0.0870. The van der Waals surface area contributed by atoms with Gasteiger partial charge in [-0.15, -0.1) is 0 Å². The molecule has 0 spiro atoms. The molecule has 0 saturated carbocycles. The van der Waals surface area contributed by atoms with E-state index >= 15 is 0 Å². The molecule has 0 fully saturated rings. The van der Waals surface area contributed by atoms with Gasteiger partial charge in [0.15, 0.2) is 11.5 Å². The first-order valence-electron chi connectivity index (χ1n) is 8.83. The van der Waals surface area contributed by atoms with Crippen LogP contribution in [0.2, 0.25) is 5.02 Å². The summed E-state index contributed by atoms with van der Waals surface area (Å²) < 4.78 is 49.1. The first-order chi connectivity index (χ1) is 14.7. The van der Waals surface area contributed by atoms with Crippen LogP contribution in [0.5, 0.6) is 17.2 Å². The second-order valence-corrected chi connectivity index (χ2v) is 6.57. The Hall–Kier alpha value is -3.63. The van der Waals surface area contributed by atoms with Crippen LogP contribution in [-0.2, 0) is 6.18 Å². The van der Waals surface area contributed by atoms with E-state index in [1.54, 1.807) is 24.3 Å². The minimum Gasteiger partial charge on any atom is -0.478 e. The third kappa shape index (κ3) is 5.93. The fourth-order valence-electron chi connectivity index (χ4n) is 2.51. The summed E-state index contributed by atoms with van der Waals surface area (Å²) in [6.07, 6.45) is -4.40. The van der Waals surface area contributed by atoms with Crippen molar-refractivity contribution < 1.29 is 32.5 Å². The third-order valence-electron chi connectivity index (χ3n) is 3.98. The van der Waals surface area contributed by atoms with E-state index in [4.69, 9.17) is 26.2 Å². The Morgan fingerprint density at radius 2 is 1.74 bits per heavy atom. The molecular weight excluding hydrogens is 433 g/mol. The zero-order valence-corrected chi connectivity index (χ0v) is 16.5. The van der Waals surface area contributed by atoms with Gasteiger partial charge in [0.05, 0.1) is 16.1 Å². The maximum absolute atomic E-state index is 12.6. The highest BCUT2D eigenvalue weighted by Gasteiger charge is 2.29. The maximum atomic E-state index is 12.6. The SMILES string of the molecule is O=C(O)c1cccc(Oc2c(Cl)cccc2OCC#Cc2ccc(C(F)(F)F)cc2)c1. The molecule has 1 N–H and O–H groups in total. The van der Waals surface area contributed by atoms with E-state index in [9.17, 15) is 18.0 Å². The molecule has 0 aliphatic carbocycles. The van der Waals surface area contributed by atoms with Gasteiger partial charge in [-0.3, -0.25) is 0 Å². The molecule has 158 valence electrons. The minimum atomic E-state index is -4.40. The van der Waals surface area contributed by atoms with Gasteiger partial charge < -0.3 is 14.6 Å². The molecule has 4 nitrogen and oxygen atoms in total. The number of ether oxygens (including phenoxy) is 2. The summed E-state index contributed by atoms with van der Waals surface area (Å²) >= 11 is 6.19. The Morgan fingerprint density at radius 1 is 1.03 bits per heavy atom. The molecule has 3 aromatic rings. The number of aromatic carboxylic acids is 1. The first-order valence-corrected chi connectivity index (χ1v) is 9.20. The van der Waals surface area contributed by atoms with Gasteiger partial charge in [0.1, 0.15) is 12.4 Å². The zero-order chi connectivity index (χ0) is 22.4. The van der Waals surface area contributed by atoms with Gasteiger partial charge in [-0.1, -0.05) is 35.6 Å². The molecule has 31 heavy (non-hydrogen) atoms. The van der Waals surface area contributed by atoms with Crippen LogP contribution in [0.1, 0.15) is 21.5 Å². The van der Waals surface area contributed by atoms with E-state index in [0.29, 0.717) is 5.56 Å². The Balaban J connectivity index is 1.71. The standard InChI is InChI=1S/C23H14ClF3O4/c24-19-7-2-8-20(21(19)31-18-6-1-5-16(14-18)22(28)29)30-13-3-4-15-9-11-17(12-10-15)23(25,26)27/h1-2,5-12,14H,13H2,(H,28,29). The number of halogens is 4. The van der Waals surface area contributed by atoms with Crippen molar-refractivity contribution in [2.45, 2.75) is 6.18 Å². The van der Waals surface area contributed by atoms with Crippen molar-refractivity contribution in [3.05, 3.63) is 88.4 Å². The lowest BCUT2D eigenvalue weighted by Crippen LogP contribution is -2.04. The predicted molar refractivity (Wildman–Crippen MR) is 109 cm³/mol. The molecule has 0 amide bonds. The summed E-state index contributed by atoms with van der Waals surface area (Å²) in [6.45, 7) is -0.0765. The van der Waals surface area contributed by atoms with Crippen LogP contribution in [0.25, 0.3) is 0 Å². The van der Waals surface area contributed by atoms with E-state index in [1.165, 1.54) is 30.3 Å². The smallest absolute Gasteiger partial charge is 0.416 e. The van der Waals surface area contributed by atoms with E-state index in [1.807, 2.05) is 0 Å². The molecule has 0 aliphatic heterocycles. The normalized spacial score (nSPS) is 10.7. The topological polar surface area (TPSA) is 55.8 Å². The van der Waals surface area contributed by atoms with E-state index < -0.39 is 17.7 Å². The molecular formula is C23H14ClF3O4. The molecule has 0 radical (unpaired) electrons. The number of rotatable bonds is 5. The number of alkyl halides is 3. The third-order valence-corrected chi connectivity index (χ3v) is 4.27. The highest BCUT2D eigenvalue weighted by atomic mass is 35.5. The van der Waals surface area contributed by atoms with Crippen LogP contribution >= 0.6 is 11.6 Å². The van der Waals surface area contributed by atoms with Crippen LogP contribution in [-0.4, -0.2) is 17.7 Å². The summed E-state index contributed by atoms with van der Waals surface area (Å²) in [7, 11) is 0. The Morgan fingerprint density at radius 3 is 2.42 bits per heavy atom. The summed E-state index contributed by atoms with van der Waals surface area (Å²) in [5.74, 6) is 5.05. The van der Waals surface area contributed by atoms with E-state index in [0.717, 1.165) is 12.1 Å². The van der Waals surface area contributed by atoms with Crippen LogP contribution in [0.3, 0.4) is 0 Å². The molecule has 3 aromatic carbocycles. The summed E-state index contributed by atoms with van der Waals surface area (Å²) in [5.41, 5.74) is -0.291. The fourth-order valence-corrected chi connectivity index (χ4v) is 2.71. The number of carboxylic acids is 1. The van der Waals surface area contributed by atoms with Gasteiger partial charge in [0.2, 0.25) is 0 Å². The average molecular weight is 447 g/mol. The molecule has 0 saturated heterocycles. The van der Waals surface area contributed by atoms with Crippen molar-refractivity contribution in [2.75, 3.05) is 6.61 Å². The van der Waals surface area contributed by atoms with Gasteiger partial charge in [0.25, 0.3) is 0 Å². The Labute approximate surface area is 180 Å². The molecule has 0 heterocycles. The minimum absolute atomic E-state index is 0.0504. The summed E-state index contributed by atoms with van der Waals surface area (Å²) in [4.78, 5) is 11.1. The molecule has 8 heteroatoms. The average Bonchev–Trinajstić information content (AvgIpc) is 2.73. The maximum Gasteiger partial charge on any atom is 0.416 e. The van der Waals surface area contributed by atoms with Crippen molar-refractivity contribution >= 4 is 17.6 Å². The number of hydrogen-bond donors (Lipinski definition) is 1. The van der Waals surface area contributed by atoms with Crippen LogP contribution in [0.15, 0.2) is 66.7 Å². The second kappa shape index (κ2) is 9.45. The quantitative estimate of drug-likeness (QED) is 0.469. The number of benzene rings is 3. The number of carboxylic acid groups (broad SMARTS) is 1. The molecule has 0 aromatic heterocycles. The van der Waals surface area contributed by atoms with Crippen LogP contribution in [0, 0.1) is 11.8 Å². The largest absolute Gasteiger partial charge is 0.478 e. The number of carbonyl (C=O) groups is 1. The lowest BCUT2D eigenvalue weighted by Gasteiger charge is -2.13. The Bertz CT molecular complexity index is 1150. The molecule has 0 unspecified atom stereocenters. The predicted octanol–water partition coefficient (Wildman–Crippen LogP) is 6.28. The van der Waals surface area contributed by atoms with Gasteiger partial charge in [-0.05, 0) is 54.6 Å². The molecule has 0 atom stereocenters. The summed E-state index contributed by atoms with van der Waals surface area (Å²) in [6, 6.07) is 15.2. The van der Waals surface area contributed by atoms with Crippen molar-refractivity contribution in [3.63, 3.8) is 0 Å². The van der Waals surface area contributed by atoms with E-state index in [-0.39, 0.29) is 34.4 Å². The highest BCUT2D eigenvalue weighted by molar-refractivity contribution is 6.32. The van der Waals surface area contributed by atoms with Gasteiger partial charge in [-0.2, -0.15) is 13.2 Å². The summed E-state index contributed by atoms with van der Waals surface area (Å²) in [5, 5.41) is 9.34. The zero-order valence-electron chi connectivity index (χ0n) is 15.7. The van der Waals surface area contributed by atoms with Gasteiger partial charge >= 0.3 is 12.1 Å². The highest BCUT2D eigenvalue weighted by Crippen LogP contribution is 2.38. The van der Waals surface area contributed by atoms with Gasteiger partial charge in [0, 0.05) is 5.56 Å². The Kier molecular flexibility index (Phi) is 6.73. The molecule has 0 bridgehead atoms. The number of hydrogen-bond acceptors (Lipinski definition) is 3. The molecule has 0 aliphatic rings. The number of para-hydroxylation sites is 1. The van der Waals surface area contributed by atoms with Crippen molar-refractivity contribution in [1.29, 1.82) is 0 Å². The van der Waals surface area contributed by atoms with Crippen molar-refractivity contribution in [1.82, 2.24) is 0 Å². The van der Waals surface area contributed by atoms with Crippen LogP contribution in [0.4, 0.5) is 13.2 Å². The van der Waals surface area contributed by atoms with E-state index in [2.05, 4.69) is 11.8 Å². The van der Waals surface area contributed by atoms with Crippen LogP contribution < -0.4 is 9.47 Å². The lowest BCUT2D eigenvalue weighted by atomic mass is 10.1. The van der Waals surface area contributed by atoms with Crippen molar-refractivity contribution in [3.8, 4) is 29.1 Å². The first kappa shape index (κ1) is 22.1. The van der Waals surface area contributed by atoms with Gasteiger partial charge in [-0.25, -0.2) is 4.79 Å². The monoisotopic (exact) mass is 446 g/mol.